The number of halogens is 1. The van der Waals surface area contributed by atoms with Gasteiger partial charge in [0, 0.05) is 17.5 Å². The van der Waals surface area contributed by atoms with Crippen LogP contribution in [0.3, 0.4) is 0 Å². The molecule has 0 radical (unpaired) electrons. The summed E-state index contributed by atoms with van der Waals surface area (Å²) in [5, 5.41) is 6.41. The predicted molar refractivity (Wildman–Crippen MR) is 86.4 cm³/mol. The number of rotatable bonds is 4. The minimum absolute atomic E-state index is 0.130. The van der Waals surface area contributed by atoms with Crippen LogP contribution >= 0.6 is 0 Å². The monoisotopic (exact) mass is 312 g/mol. The molecule has 0 saturated heterocycles. The van der Waals surface area contributed by atoms with Crippen molar-refractivity contribution in [3.05, 3.63) is 71.7 Å². The molecule has 0 aliphatic heterocycles. The van der Waals surface area contributed by atoms with Gasteiger partial charge in [-0.05, 0) is 25.1 Å². The standard InChI is InChI=1S/C18H17FN2O2/c1-12(17-10-13-6-3-5-9-16(13)23-17)21-18(22)20-11-14-7-2-4-8-15(14)19/h2-10,12H,11H2,1H3,(H2,20,21,22). The van der Waals surface area contributed by atoms with Gasteiger partial charge in [-0.25, -0.2) is 9.18 Å². The third-order valence-corrected chi connectivity index (χ3v) is 3.62. The molecule has 1 heterocycles. The molecule has 2 N–H and O–H groups in total. The fourth-order valence-electron chi connectivity index (χ4n) is 2.35. The smallest absolute Gasteiger partial charge is 0.315 e. The largest absolute Gasteiger partial charge is 0.459 e. The van der Waals surface area contributed by atoms with Gasteiger partial charge < -0.3 is 15.1 Å². The van der Waals surface area contributed by atoms with E-state index in [9.17, 15) is 9.18 Å². The molecule has 0 aliphatic rings. The fourth-order valence-corrected chi connectivity index (χ4v) is 2.35. The zero-order valence-electron chi connectivity index (χ0n) is 12.7. The molecule has 1 atom stereocenters. The summed E-state index contributed by atoms with van der Waals surface area (Å²) in [6.07, 6.45) is 0. The Bertz CT molecular complexity index is 796. The van der Waals surface area contributed by atoms with Gasteiger partial charge in [0.05, 0.1) is 6.04 Å². The summed E-state index contributed by atoms with van der Waals surface area (Å²) in [6.45, 7) is 1.96. The molecule has 3 aromatic rings. The minimum Gasteiger partial charge on any atom is -0.459 e. The van der Waals surface area contributed by atoms with Crippen molar-refractivity contribution < 1.29 is 13.6 Å². The van der Waals surface area contributed by atoms with Crippen LogP contribution in [0.1, 0.15) is 24.3 Å². The summed E-state index contributed by atoms with van der Waals surface area (Å²) in [5.41, 5.74) is 1.22. The number of fused-ring (bicyclic) bond motifs is 1. The number of furan rings is 1. The molecule has 4 nitrogen and oxygen atoms in total. The average Bonchev–Trinajstić information content (AvgIpc) is 2.98. The molecule has 0 aliphatic carbocycles. The average molecular weight is 312 g/mol. The summed E-state index contributed by atoms with van der Waals surface area (Å²) in [7, 11) is 0. The van der Waals surface area contributed by atoms with Crippen molar-refractivity contribution in [2.24, 2.45) is 0 Å². The van der Waals surface area contributed by atoms with E-state index >= 15 is 0 Å². The molecule has 1 aromatic heterocycles. The lowest BCUT2D eigenvalue weighted by atomic mass is 10.2. The van der Waals surface area contributed by atoms with Gasteiger partial charge in [-0.3, -0.25) is 0 Å². The number of amides is 2. The van der Waals surface area contributed by atoms with Gasteiger partial charge in [-0.2, -0.15) is 0 Å². The van der Waals surface area contributed by atoms with Crippen LogP contribution in [-0.2, 0) is 6.54 Å². The van der Waals surface area contributed by atoms with E-state index in [0.29, 0.717) is 11.3 Å². The minimum atomic E-state index is -0.374. The van der Waals surface area contributed by atoms with E-state index in [1.807, 2.05) is 37.3 Å². The lowest BCUT2D eigenvalue weighted by molar-refractivity contribution is 0.236. The quantitative estimate of drug-likeness (QED) is 0.761. The van der Waals surface area contributed by atoms with Crippen LogP contribution < -0.4 is 10.6 Å². The Hall–Kier alpha value is -2.82. The van der Waals surface area contributed by atoms with Gasteiger partial charge in [0.2, 0.25) is 0 Å². The first-order valence-corrected chi connectivity index (χ1v) is 7.40. The Morgan fingerprint density at radius 1 is 1.17 bits per heavy atom. The van der Waals surface area contributed by atoms with E-state index in [4.69, 9.17) is 4.42 Å². The Labute approximate surface area is 133 Å². The molecule has 1 unspecified atom stereocenters. The Kier molecular flexibility index (Phi) is 4.28. The highest BCUT2D eigenvalue weighted by molar-refractivity contribution is 5.78. The van der Waals surface area contributed by atoms with Crippen molar-refractivity contribution in [1.82, 2.24) is 10.6 Å². The summed E-state index contributed by atoms with van der Waals surface area (Å²) < 4.78 is 19.2. The molecule has 2 amide bonds. The highest BCUT2D eigenvalue weighted by Crippen LogP contribution is 2.23. The molecule has 3 rings (SSSR count). The van der Waals surface area contributed by atoms with Gasteiger partial charge in [-0.15, -0.1) is 0 Å². The third kappa shape index (κ3) is 3.51. The molecule has 5 heteroatoms. The molecule has 118 valence electrons. The topological polar surface area (TPSA) is 54.3 Å². The Morgan fingerprint density at radius 3 is 2.70 bits per heavy atom. The number of urea groups is 1. The van der Waals surface area contributed by atoms with Crippen molar-refractivity contribution in [2.75, 3.05) is 0 Å². The molecule has 0 fully saturated rings. The highest BCUT2D eigenvalue weighted by atomic mass is 19.1. The fraction of sp³-hybridized carbons (Fsp3) is 0.167. The van der Waals surface area contributed by atoms with Gasteiger partial charge in [0.1, 0.15) is 17.2 Å². The van der Waals surface area contributed by atoms with Crippen molar-refractivity contribution in [2.45, 2.75) is 19.5 Å². The Morgan fingerprint density at radius 2 is 1.91 bits per heavy atom. The van der Waals surface area contributed by atoms with Crippen LogP contribution in [0.2, 0.25) is 0 Å². The molecule has 2 aromatic carbocycles. The van der Waals surface area contributed by atoms with E-state index in [0.717, 1.165) is 11.0 Å². The van der Waals surface area contributed by atoms with Crippen LogP contribution in [0.15, 0.2) is 59.0 Å². The zero-order valence-corrected chi connectivity index (χ0v) is 12.7. The summed E-state index contributed by atoms with van der Waals surface area (Å²) in [4.78, 5) is 11.9. The first-order valence-electron chi connectivity index (χ1n) is 7.40. The van der Waals surface area contributed by atoms with Crippen molar-refractivity contribution >= 4 is 17.0 Å². The van der Waals surface area contributed by atoms with Gasteiger partial charge >= 0.3 is 6.03 Å². The van der Waals surface area contributed by atoms with E-state index in [1.165, 1.54) is 6.07 Å². The lowest BCUT2D eigenvalue weighted by Gasteiger charge is -2.12. The number of hydrogen-bond acceptors (Lipinski definition) is 2. The molecule has 0 saturated carbocycles. The van der Waals surface area contributed by atoms with Crippen molar-refractivity contribution in [3.63, 3.8) is 0 Å². The van der Waals surface area contributed by atoms with Gasteiger partial charge in [-0.1, -0.05) is 36.4 Å². The van der Waals surface area contributed by atoms with Crippen LogP contribution in [-0.4, -0.2) is 6.03 Å². The van der Waals surface area contributed by atoms with E-state index in [2.05, 4.69) is 10.6 Å². The maximum atomic E-state index is 13.5. The highest BCUT2D eigenvalue weighted by Gasteiger charge is 2.14. The zero-order chi connectivity index (χ0) is 16.2. The second kappa shape index (κ2) is 6.52. The number of hydrogen-bond donors (Lipinski definition) is 2. The molecule has 0 spiro atoms. The second-order valence-electron chi connectivity index (χ2n) is 5.33. The van der Waals surface area contributed by atoms with Gasteiger partial charge in [0.25, 0.3) is 0 Å². The number of nitrogens with one attached hydrogen (secondary N) is 2. The first-order chi connectivity index (χ1) is 11.1. The van der Waals surface area contributed by atoms with Crippen molar-refractivity contribution in [1.29, 1.82) is 0 Å². The van der Waals surface area contributed by atoms with Crippen LogP contribution in [0.4, 0.5) is 9.18 Å². The van der Waals surface area contributed by atoms with E-state index < -0.39 is 0 Å². The van der Waals surface area contributed by atoms with Crippen LogP contribution in [0, 0.1) is 5.82 Å². The molecular weight excluding hydrogens is 295 g/mol. The maximum Gasteiger partial charge on any atom is 0.315 e. The van der Waals surface area contributed by atoms with E-state index in [-0.39, 0.29) is 24.4 Å². The third-order valence-electron chi connectivity index (χ3n) is 3.62. The number of carbonyl (C=O) groups is 1. The van der Waals surface area contributed by atoms with Crippen LogP contribution in [0.25, 0.3) is 11.0 Å². The molecule has 23 heavy (non-hydrogen) atoms. The normalized spacial score (nSPS) is 12.1. The maximum absolute atomic E-state index is 13.5. The number of carbonyl (C=O) groups excluding carboxylic acids is 1. The molecular formula is C18H17FN2O2. The number of benzene rings is 2. The lowest BCUT2D eigenvalue weighted by Crippen LogP contribution is -2.36. The molecule has 0 bridgehead atoms. The summed E-state index contributed by atoms with van der Waals surface area (Å²) >= 11 is 0. The summed E-state index contributed by atoms with van der Waals surface area (Å²) in [6, 6.07) is 15.2. The number of para-hydroxylation sites is 1. The van der Waals surface area contributed by atoms with Crippen LogP contribution in [0.5, 0.6) is 0 Å². The summed E-state index contributed by atoms with van der Waals surface area (Å²) in [5.74, 6) is 0.338. The first kappa shape index (κ1) is 15.1. The van der Waals surface area contributed by atoms with E-state index in [1.54, 1.807) is 18.2 Å². The predicted octanol–water partition coefficient (Wildman–Crippen LogP) is 4.13. The second-order valence-corrected chi connectivity index (χ2v) is 5.33. The Balaban J connectivity index is 1.60. The van der Waals surface area contributed by atoms with Gasteiger partial charge in [0.15, 0.2) is 0 Å². The SMILES string of the molecule is CC(NC(=O)NCc1ccccc1F)c1cc2ccccc2o1. The van der Waals surface area contributed by atoms with Crippen molar-refractivity contribution in [3.8, 4) is 0 Å².